The average molecular weight is 248 g/mol. The highest BCUT2D eigenvalue weighted by atomic mass is 32.1. The molecule has 1 fully saturated rings. The van der Waals surface area contributed by atoms with E-state index in [4.69, 9.17) is 4.74 Å². The molecule has 17 heavy (non-hydrogen) atoms. The van der Waals surface area contributed by atoms with E-state index >= 15 is 0 Å². The van der Waals surface area contributed by atoms with E-state index in [1.807, 2.05) is 23.1 Å². The van der Waals surface area contributed by atoms with E-state index in [1.165, 1.54) is 0 Å². The van der Waals surface area contributed by atoms with Crippen LogP contribution < -0.4 is 0 Å². The summed E-state index contributed by atoms with van der Waals surface area (Å²) < 4.78 is 6.35. The summed E-state index contributed by atoms with van der Waals surface area (Å²) in [5, 5.41) is 0. The molecule has 1 aromatic carbocycles. The number of fused-ring (bicyclic) bond motifs is 1. The molecule has 5 heteroatoms. The molecular formula is C12H12N2O2S. The van der Waals surface area contributed by atoms with E-state index in [9.17, 15) is 4.79 Å². The maximum Gasteiger partial charge on any atom is 0.254 e. The molecule has 0 spiro atoms. The highest BCUT2D eigenvalue weighted by Gasteiger charge is 2.18. The molecule has 1 saturated heterocycles. The van der Waals surface area contributed by atoms with Gasteiger partial charge in [0.2, 0.25) is 0 Å². The second-order valence-corrected chi connectivity index (χ2v) is 4.83. The number of aromatic nitrogens is 1. The van der Waals surface area contributed by atoms with Crippen molar-refractivity contribution in [2.75, 3.05) is 26.3 Å². The van der Waals surface area contributed by atoms with Crippen LogP contribution in [0.1, 0.15) is 10.4 Å². The Morgan fingerprint density at radius 3 is 3.00 bits per heavy atom. The predicted octanol–water partition coefficient (Wildman–Crippen LogP) is 1.77. The molecular weight excluding hydrogens is 236 g/mol. The summed E-state index contributed by atoms with van der Waals surface area (Å²) in [6.07, 6.45) is 0. The first-order valence-corrected chi connectivity index (χ1v) is 6.43. The number of morpholine rings is 1. The summed E-state index contributed by atoms with van der Waals surface area (Å²) in [5.41, 5.74) is 3.41. The molecule has 0 aliphatic carbocycles. The molecule has 1 aliphatic heterocycles. The van der Waals surface area contributed by atoms with Crippen LogP contribution in [0.25, 0.3) is 10.2 Å². The number of hydrogen-bond donors (Lipinski definition) is 0. The van der Waals surface area contributed by atoms with Gasteiger partial charge in [-0.05, 0) is 18.2 Å². The SMILES string of the molecule is O=C(c1ccc2scnc2c1)N1CCOCC1. The zero-order valence-corrected chi connectivity index (χ0v) is 10.1. The molecule has 3 rings (SSSR count). The van der Waals surface area contributed by atoms with Crippen molar-refractivity contribution in [2.24, 2.45) is 0 Å². The Bertz CT molecular complexity index is 546. The molecule has 0 N–H and O–H groups in total. The number of nitrogens with zero attached hydrogens (tertiary/aromatic N) is 2. The number of ether oxygens (including phenoxy) is 1. The van der Waals surface area contributed by atoms with Crippen LogP contribution >= 0.6 is 11.3 Å². The first-order valence-electron chi connectivity index (χ1n) is 5.55. The van der Waals surface area contributed by atoms with Crippen LogP contribution in [0.4, 0.5) is 0 Å². The van der Waals surface area contributed by atoms with Crippen molar-refractivity contribution in [1.29, 1.82) is 0 Å². The van der Waals surface area contributed by atoms with Gasteiger partial charge in [0.1, 0.15) is 0 Å². The molecule has 1 aromatic heterocycles. The molecule has 0 unspecified atom stereocenters. The largest absolute Gasteiger partial charge is 0.378 e. The van der Waals surface area contributed by atoms with Crippen molar-refractivity contribution in [3.05, 3.63) is 29.3 Å². The van der Waals surface area contributed by atoms with E-state index < -0.39 is 0 Å². The van der Waals surface area contributed by atoms with E-state index in [2.05, 4.69) is 4.98 Å². The van der Waals surface area contributed by atoms with Gasteiger partial charge >= 0.3 is 0 Å². The minimum atomic E-state index is 0.0724. The molecule has 0 saturated carbocycles. The first kappa shape index (κ1) is 10.7. The van der Waals surface area contributed by atoms with Gasteiger partial charge in [0.05, 0.1) is 28.9 Å². The van der Waals surface area contributed by atoms with Gasteiger partial charge < -0.3 is 9.64 Å². The molecule has 0 bridgehead atoms. The molecule has 0 radical (unpaired) electrons. The highest BCUT2D eigenvalue weighted by molar-refractivity contribution is 7.16. The van der Waals surface area contributed by atoms with Gasteiger partial charge in [0.25, 0.3) is 5.91 Å². The van der Waals surface area contributed by atoms with E-state index in [1.54, 1.807) is 16.8 Å². The number of hydrogen-bond acceptors (Lipinski definition) is 4. The van der Waals surface area contributed by atoms with Crippen molar-refractivity contribution in [2.45, 2.75) is 0 Å². The molecule has 1 aliphatic rings. The summed E-state index contributed by atoms with van der Waals surface area (Å²) in [7, 11) is 0. The molecule has 2 heterocycles. The smallest absolute Gasteiger partial charge is 0.254 e. The Labute approximate surface area is 103 Å². The first-order chi connectivity index (χ1) is 8.34. The van der Waals surface area contributed by atoms with Crippen molar-refractivity contribution in [3.8, 4) is 0 Å². The van der Waals surface area contributed by atoms with Gasteiger partial charge in [0, 0.05) is 18.7 Å². The van der Waals surface area contributed by atoms with Crippen LogP contribution in [0.2, 0.25) is 0 Å². The van der Waals surface area contributed by atoms with Gasteiger partial charge in [-0.25, -0.2) is 4.98 Å². The Hall–Kier alpha value is -1.46. The highest BCUT2D eigenvalue weighted by Crippen LogP contribution is 2.19. The third kappa shape index (κ3) is 2.03. The Kier molecular flexibility index (Phi) is 2.78. The number of amides is 1. The number of rotatable bonds is 1. The van der Waals surface area contributed by atoms with Crippen molar-refractivity contribution in [3.63, 3.8) is 0 Å². The minimum absolute atomic E-state index is 0.0724. The second kappa shape index (κ2) is 4.43. The topological polar surface area (TPSA) is 42.4 Å². The summed E-state index contributed by atoms with van der Waals surface area (Å²) >= 11 is 1.59. The Morgan fingerprint density at radius 2 is 2.18 bits per heavy atom. The second-order valence-electron chi connectivity index (χ2n) is 3.94. The zero-order chi connectivity index (χ0) is 11.7. The maximum atomic E-state index is 12.2. The average Bonchev–Trinajstić information content (AvgIpc) is 2.86. The zero-order valence-electron chi connectivity index (χ0n) is 9.26. The van der Waals surface area contributed by atoms with Gasteiger partial charge in [-0.3, -0.25) is 4.79 Å². The van der Waals surface area contributed by atoms with Crippen LogP contribution in [0, 0.1) is 0 Å². The standard InChI is InChI=1S/C12H12N2O2S/c15-12(14-3-5-16-6-4-14)9-1-2-11-10(7-9)13-8-17-11/h1-2,7-8H,3-6H2. The summed E-state index contributed by atoms with van der Waals surface area (Å²) in [6, 6.07) is 5.70. The lowest BCUT2D eigenvalue weighted by atomic mass is 10.2. The maximum absolute atomic E-state index is 12.2. The fourth-order valence-electron chi connectivity index (χ4n) is 1.94. The molecule has 4 nitrogen and oxygen atoms in total. The van der Waals surface area contributed by atoms with Gasteiger partial charge in [-0.2, -0.15) is 0 Å². The third-order valence-corrected chi connectivity index (χ3v) is 3.69. The minimum Gasteiger partial charge on any atom is -0.378 e. The predicted molar refractivity (Wildman–Crippen MR) is 66.3 cm³/mol. The fraction of sp³-hybridized carbons (Fsp3) is 0.333. The monoisotopic (exact) mass is 248 g/mol. The van der Waals surface area contributed by atoms with Gasteiger partial charge in [0.15, 0.2) is 0 Å². The van der Waals surface area contributed by atoms with Crippen LogP contribution in [-0.2, 0) is 4.74 Å². The quantitative estimate of drug-likeness (QED) is 0.772. The number of carbonyl (C=O) groups is 1. The van der Waals surface area contributed by atoms with E-state index in [0.29, 0.717) is 31.9 Å². The van der Waals surface area contributed by atoms with Gasteiger partial charge in [-0.15, -0.1) is 11.3 Å². The molecule has 2 aromatic rings. The number of carbonyl (C=O) groups excluding carboxylic acids is 1. The van der Waals surface area contributed by atoms with Crippen LogP contribution in [-0.4, -0.2) is 42.1 Å². The van der Waals surface area contributed by atoms with Crippen molar-refractivity contribution >= 4 is 27.5 Å². The summed E-state index contributed by atoms with van der Waals surface area (Å²) in [4.78, 5) is 18.3. The lowest BCUT2D eigenvalue weighted by Gasteiger charge is -2.26. The number of benzene rings is 1. The van der Waals surface area contributed by atoms with E-state index in [-0.39, 0.29) is 5.91 Å². The van der Waals surface area contributed by atoms with E-state index in [0.717, 1.165) is 10.2 Å². The normalized spacial score (nSPS) is 16.4. The molecule has 88 valence electrons. The van der Waals surface area contributed by atoms with Crippen LogP contribution in [0.15, 0.2) is 23.7 Å². The Morgan fingerprint density at radius 1 is 1.35 bits per heavy atom. The van der Waals surface area contributed by atoms with Gasteiger partial charge in [-0.1, -0.05) is 0 Å². The van der Waals surface area contributed by atoms with Crippen LogP contribution in [0.3, 0.4) is 0 Å². The fourth-order valence-corrected chi connectivity index (χ4v) is 2.60. The van der Waals surface area contributed by atoms with Crippen LogP contribution in [0.5, 0.6) is 0 Å². The lowest BCUT2D eigenvalue weighted by Crippen LogP contribution is -2.40. The molecule has 0 atom stereocenters. The number of thiazole rings is 1. The lowest BCUT2D eigenvalue weighted by molar-refractivity contribution is 0.0303. The summed E-state index contributed by atoms with van der Waals surface area (Å²) in [6.45, 7) is 2.61. The van der Waals surface area contributed by atoms with Crippen molar-refractivity contribution in [1.82, 2.24) is 9.88 Å². The van der Waals surface area contributed by atoms with Crippen molar-refractivity contribution < 1.29 is 9.53 Å². The summed E-state index contributed by atoms with van der Waals surface area (Å²) in [5.74, 6) is 0.0724. The third-order valence-electron chi connectivity index (χ3n) is 2.88. The molecule has 1 amide bonds. The Balaban J connectivity index is 1.88.